The lowest BCUT2D eigenvalue weighted by molar-refractivity contribution is 0.0600. The molecule has 0 radical (unpaired) electrons. The van der Waals surface area contributed by atoms with Crippen molar-refractivity contribution in [3.8, 4) is 0 Å². The van der Waals surface area contributed by atoms with E-state index in [4.69, 9.17) is 0 Å². The standard InChI is InChI=1S/C13H16N2O2/c1-9(2)6-12-14-8-11-7-10(13(16)17-3)4-5-15(11)12/h4-5,7-9H,6H2,1-3H3. The first-order valence-electron chi connectivity index (χ1n) is 5.66. The van der Waals surface area contributed by atoms with Gasteiger partial charge in [0.15, 0.2) is 0 Å². The molecule has 0 N–H and O–H groups in total. The Hall–Kier alpha value is -1.84. The van der Waals surface area contributed by atoms with Gasteiger partial charge in [-0.2, -0.15) is 0 Å². The van der Waals surface area contributed by atoms with Crippen molar-refractivity contribution in [2.75, 3.05) is 7.11 Å². The summed E-state index contributed by atoms with van der Waals surface area (Å²) in [5.41, 5.74) is 1.47. The van der Waals surface area contributed by atoms with Gasteiger partial charge >= 0.3 is 5.97 Å². The molecule has 0 aromatic carbocycles. The molecular formula is C13H16N2O2. The maximum atomic E-state index is 11.4. The quantitative estimate of drug-likeness (QED) is 0.763. The Kier molecular flexibility index (Phi) is 3.13. The largest absolute Gasteiger partial charge is 0.465 e. The molecule has 0 fully saturated rings. The van der Waals surface area contributed by atoms with Gasteiger partial charge in [0.05, 0.1) is 24.4 Å². The molecule has 2 aromatic rings. The third kappa shape index (κ3) is 2.30. The number of esters is 1. The van der Waals surface area contributed by atoms with E-state index in [0.29, 0.717) is 11.5 Å². The summed E-state index contributed by atoms with van der Waals surface area (Å²) in [5, 5.41) is 0. The number of methoxy groups -OCH3 is 1. The van der Waals surface area contributed by atoms with Crippen LogP contribution in [0.25, 0.3) is 5.52 Å². The first-order chi connectivity index (χ1) is 8.11. The third-order valence-electron chi connectivity index (χ3n) is 2.62. The van der Waals surface area contributed by atoms with Crippen molar-refractivity contribution < 1.29 is 9.53 Å². The predicted molar refractivity (Wildman–Crippen MR) is 65.1 cm³/mol. The van der Waals surface area contributed by atoms with E-state index in [0.717, 1.165) is 17.8 Å². The highest BCUT2D eigenvalue weighted by atomic mass is 16.5. The Bertz CT molecular complexity index is 543. The summed E-state index contributed by atoms with van der Waals surface area (Å²) in [6.07, 6.45) is 4.57. The molecule has 0 saturated carbocycles. The highest BCUT2D eigenvalue weighted by molar-refractivity contribution is 5.90. The van der Waals surface area contributed by atoms with E-state index in [9.17, 15) is 4.79 Å². The zero-order chi connectivity index (χ0) is 12.4. The van der Waals surface area contributed by atoms with E-state index in [1.54, 1.807) is 18.3 Å². The number of rotatable bonds is 3. The van der Waals surface area contributed by atoms with Gasteiger partial charge in [0, 0.05) is 12.6 Å². The lowest BCUT2D eigenvalue weighted by Crippen LogP contribution is -2.03. The second-order valence-electron chi connectivity index (χ2n) is 4.47. The molecule has 2 rings (SSSR count). The van der Waals surface area contributed by atoms with Gasteiger partial charge in [-0.05, 0) is 18.1 Å². The summed E-state index contributed by atoms with van der Waals surface area (Å²) >= 11 is 0. The number of ether oxygens (including phenoxy) is 1. The molecular weight excluding hydrogens is 216 g/mol. The molecule has 2 aromatic heterocycles. The number of nitrogens with zero attached hydrogens (tertiary/aromatic N) is 2. The molecule has 0 atom stereocenters. The summed E-state index contributed by atoms with van der Waals surface area (Å²) in [4.78, 5) is 15.8. The van der Waals surface area contributed by atoms with E-state index in [2.05, 4.69) is 23.6 Å². The van der Waals surface area contributed by atoms with Gasteiger partial charge in [0.2, 0.25) is 0 Å². The highest BCUT2D eigenvalue weighted by Crippen LogP contribution is 2.13. The fourth-order valence-corrected chi connectivity index (χ4v) is 1.82. The summed E-state index contributed by atoms with van der Waals surface area (Å²) in [5.74, 6) is 1.26. The van der Waals surface area contributed by atoms with Crippen LogP contribution in [0.4, 0.5) is 0 Å². The molecule has 2 heterocycles. The fourth-order valence-electron chi connectivity index (χ4n) is 1.82. The molecule has 0 spiro atoms. The fraction of sp³-hybridized carbons (Fsp3) is 0.385. The van der Waals surface area contributed by atoms with E-state index < -0.39 is 0 Å². The van der Waals surface area contributed by atoms with Crippen LogP contribution in [0.5, 0.6) is 0 Å². The topological polar surface area (TPSA) is 43.6 Å². The van der Waals surface area contributed by atoms with Gasteiger partial charge in [-0.1, -0.05) is 13.8 Å². The number of imidazole rings is 1. The first kappa shape index (κ1) is 11.6. The molecule has 0 amide bonds. The van der Waals surface area contributed by atoms with Gasteiger partial charge in [-0.3, -0.25) is 0 Å². The van der Waals surface area contributed by atoms with Crippen LogP contribution in [0.1, 0.15) is 30.0 Å². The minimum absolute atomic E-state index is 0.320. The number of aromatic nitrogens is 2. The van der Waals surface area contributed by atoms with Crippen molar-refractivity contribution in [1.29, 1.82) is 0 Å². The number of hydrogen-bond acceptors (Lipinski definition) is 3. The van der Waals surface area contributed by atoms with Crippen LogP contribution in [0.3, 0.4) is 0 Å². The number of pyridine rings is 1. The zero-order valence-electron chi connectivity index (χ0n) is 10.3. The van der Waals surface area contributed by atoms with E-state index >= 15 is 0 Å². The Balaban J connectivity index is 2.41. The normalized spacial score (nSPS) is 11.1. The third-order valence-corrected chi connectivity index (χ3v) is 2.62. The van der Waals surface area contributed by atoms with Crippen LogP contribution in [0.15, 0.2) is 24.5 Å². The van der Waals surface area contributed by atoms with Crippen molar-refractivity contribution in [1.82, 2.24) is 9.38 Å². The molecule has 4 nitrogen and oxygen atoms in total. The van der Waals surface area contributed by atoms with Crippen LogP contribution in [0.2, 0.25) is 0 Å². The summed E-state index contributed by atoms with van der Waals surface area (Å²) in [6.45, 7) is 4.31. The summed E-state index contributed by atoms with van der Waals surface area (Å²) < 4.78 is 6.69. The zero-order valence-corrected chi connectivity index (χ0v) is 10.3. The molecule has 0 aliphatic carbocycles. The Labute approximate surface area is 100 Å². The average molecular weight is 232 g/mol. The Morgan fingerprint density at radius 1 is 1.53 bits per heavy atom. The maximum Gasteiger partial charge on any atom is 0.337 e. The van der Waals surface area contributed by atoms with Crippen molar-refractivity contribution in [3.63, 3.8) is 0 Å². The molecule has 0 aliphatic rings. The molecule has 0 saturated heterocycles. The van der Waals surface area contributed by atoms with E-state index in [1.807, 2.05) is 10.6 Å². The number of carbonyl (C=O) groups excluding carboxylic acids is 1. The van der Waals surface area contributed by atoms with Crippen LogP contribution in [-0.4, -0.2) is 22.5 Å². The van der Waals surface area contributed by atoms with E-state index in [-0.39, 0.29) is 5.97 Å². The van der Waals surface area contributed by atoms with Crippen LogP contribution in [-0.2, 0) is 11.2 Å². The van der Waals surface area contributed by atoms with Gasteiger partial charge < -0.3 is 9.14 Å². The van der Waals surface area contributed by atoms with Crippen LogP contribution < -0.4 is 0 Å². The van der Waals surface area contributed by atoms with Crippen molar-refractivity contribution in [2.24, 2.45) is 5.92 Å². The number of carbonyl (C=O) groups is 1. The van der Waals surface area contributed by atoms with Crippen LogP contribution >= 0.6 is 0 Å². The average Bonchev–Trinajstić information content (AvgIpc) is 2.70. The van der Waals surface area contributed by atoms with Crippen molar-refractivity contribution in [2.45, 2.75) is 20.3 Å². The SMILES string of the molecule is COC(=O)c1ccn2c(CC(C)C)ncc2c1. The minimum Gasteiger partial charge on any atom is -0.465 e. The molecule has 0 unspecified atom stereocenters. The lowest BCUT2D eigenvalue weighted by atomic mass is 10.1. The van der Waals surface area contributed by atoms with Gasteiger partial charge in [-0.25, -0.2) is 9.78 Å². The Morgan fingerprint density at radius 2 is 2.29 bits per heavy atom. The molecule has 0 bridgehead atoms. The second kappa shape index (κ2) is 4.57. The van der Waals surface area contributed by atoms with Crippen LogP contribution in [0, 0.1) is 5.92 Å². The summed E-state index contributed by atoms with van der Waals surface area (Å²) in [7, 11) is 1.38. The molecule has 0 aliphatic heterocycles. The number of fused-ring (bicyclic) bond motifs is 1. The molecule has 90 valence electrons. The van der Waals surface area contributed by atoms with Gasteiger partial charge in [0.1, 0.15) is 5.82 Å². The first-order valence-corrected chi connectivity index (χ1v) is 5.66. The molecule has 17 heavy (non-hydrogen) atoms. The lowest BCUT2D eigenvalue weighted by Gasteiger charge is -2.05. The monoisotopic (exact) mass is 232 g/mol. The second-order valence-corrected chi connectivity index (χ2v) is 4.47. The predicted octanol–water partition coefficient (Wildman–Crippen LogP) is 2.32. The van der Waals surface area contributed by atoms with Crippen molar-refractivity contribution in [3.05, 3.63) is 35.9 Å². The van der Waals surface area contributed by atoms with Crippen molar-refractivity contribution >= 4 is 11.5 Å². The highest BCUT2D eigenvalue weighted by Gasteiger charge is 2.09. The molecule has 4 heteroatoms. The Morgan fingerprint density at radius 3 is 2.94 bits per heavy atom. The smallest absolute Gasteiger partial charge is 0.337 e. The summed E-state index contributed by atoms with van der Waals surface area (Å²) in [6, 6.07) is 3.55. The number of hydrogen-bond donors (Lipinski definition) is 0. The van der Waals surface area contributed by atoms with E-state index in [1.165, 1.54) is 7.11 Å². The minimum atomic E-state index is -0.320. The van der Waals surface area contributed by atoms with Gasteiger partial charge in [-0.15, -0.1) is 0 Å². The van der Waals surface area contributed by atoms with Gasteiger partial charge in [0.25, 0.3) is 0 Å². The maximum absolute atomic E-state index is 11.4.